The van der Waals surface area contributed by atoms with Crippen LogP contribution in [0.25, 0.3) is 22.3 Å². The molecule has 1 aliphatic carbocycles. The summed E-state index contributed by atoms with van der Waals surface area (Å²) in [4.78, 5) is 40.9. The summed E-state index contributed by atoms with van der Waals surface area (Å²) >= 11 is 0. The van der Waals surface area contributed by atoms with Crippen molar-refractivity contribution in [2.24, 2.45) is 5.92 Å². The summed E-state index contributed by atoms with van der Waals surface area (Å²) in [6.07, 6.45) is 8.05. The monoisotopic (exact) mass is 537 g/mol. The number of H-pyrrole nitrogens is 1. The van der Waals surface area contributed by atoms with E-state index in [0.29, 0.717) is 17.8 Å². The lowest BCUT2D eigenvalue weighted by molar-refractivity contribution is -0.134. The first-order valence-corrected chi connectivity index (χ1v) is 14.4. The standard InChI is InChI=1S/C30H35N9O/c1-20(37-12-14-39(15-13-37)29(40)21-4-5-21)22-8-9-31-27(17-22)36-30-34-24-7-6-23(16-26(24)35-30)25-18-28(33-19-32-25)38-10-2-3-11-38/h6-9,16-21H,2-5,10-15H2,1H3,(H2,31,34,35,36). The van der Waals surface area contributed by atoms with Gasteiger partial charge >= 0.3 is 0 Å². The maximum Gasteiger partial charge on any atom is 0.225 e. The van der Waals surface area contributed by atoms with E-state index in [1.807, 2.05) is 17.2 Å². The average molecular weight is 538 g/mol. The molecule has 2 aliphatic heterocycles. The Hall–Kier alpha value is -4.05. The first-order valence-electron chi connectivity index (χ1n) is 14.4. The minimum atomic E-state index is 0.235. The minimum Gasteiger partial charge on any atom is -0.357 e. The third kappa shape index (κ3) is 5.11. The van der Waals surface area contributed by atoms with Gasteiger partial charge in [0, 0.05) is 69.1 Å². The number of aromatic amines is 1. The van der Waals surface area contributed by atoms with Gasteiger partial charge in [-0.2, -0.15) is 0 Å². The van der Waals surface area contributed by atoms with Crippen LogP contribution in [0.3, 0.4) is 0 Å². The van der Waals surface area contributed by atoms with Crippen molar-refractivity contribution in [3.05, 3.63) is 54.5 Å². The third-order valence-corrected chi connectivity index (χ3v) is 8.47. The number of carbonyl (C=O) groups is 1. The summed E-state index contributed by atoms with van der Waals surface area (Å²) in [5, 5.41) is 3.36. The van der Waals surface area contributed by atoms with E-state index >= 15 is 0 Å². The fourth-order valence-corrected chi connectivity index (χ4v) is 5.88. The van der Waals surface area contributed by atoms with Crippen molar-refractivity contribution in [2.45, 2.75) is 38.6 Å². The summed E-state index contributed by atoms with van der Waals surface area (Å²) in [5.41, 5.74) is 4.94. The molecule has 10 nitrogen and oxygen atoms in total. The number of pyridine rings is 1. The Morgan fingerprint density at radius 1 is 0.975 bits per heavy atom. The van der Waals surface area contributed by atoms with Gasteiger partial charge in [0.2, 0.25) is 11.9 Å². The number of rotatable bonds is 7. The molecular weight excluding hydrogens is 502 g/mol. The number of piperazine rings is 1. The molecule has 1 unspecified atom stereocenters. The lowest BCUT2D eigenvalue weighted by Crippen LogP contribution is -2.49. The molecule has 4 aromatic rings. The molecule has 1 aromatic carbocycles. The van der Waals surface area contributed by atoms with E-state index < -0.39 is 0 Å². The molecule has 1 saturated carbocycles. The number of nitrogens with zero attached hydrogens (tertiary/aromatic N) is 7. The molecular formula is C30H35N9O. The van der Waals surface area contributed by atoms with Crippen LogP contribution in [-0.2, 0) is 4.79 Å². The highest BCUT2D eigenvalue weighted by Crippen LogP contribution is 2.32. The normalized spacial score (nSPS) is 18.8. The zero-order chi connectivity index (χ0) is 27.1. The number of benzene rings is 1. The van der Waals surface area contributed by atoms with Crippen LogP contribution in [0.1, 0.15) is 44.2 Å². The van der Waals surface area contributed by atoms with Crippen LogP contribution in [0.5, 0.6) is 0 Å². The van der Waals surface area contributed by atoms with Gasteiger partial charge in [-0.25, -0.2) is 19.9 Å². The molecule has 10 heteroatoms. The van der Waals surface area contributed by atoms with E-state index in [9.17, 15) is 4.79 Å². The molecule has 2 N–H and O–H groups in total. The Morgan fingerprint density at radius 2 is 1.80 bits per heavy atom. The van der Waals surface area contributed by atoms with Crippen LogP contribution >= 0.6 is 0 Å². The zero-order valence-corrected chi connectivity index (χ0v) is 22.9. The number of amides is 1. The van der Waals surface area contributed by atoms with E-state index in [1.165, 1.54) is 18.4 Å². The quantitative estimate of drug-likeness (QED) is 0.358. The number of nitrogens with one attached hydrogen (secondary N) is 2. The summed E-state index contributed by atoms with van der Waals surface area (Å²) in [7, 11) is 0. The Kier molecular flexibility index (Phi) is 6.55. The van der Waals surface area contributed by atoms with Crippen molar-refractivity contribution in [3.8, 4) is 11.3 Å². The van der Waals surface area contributed by atoms with E-state index in [1.54, 1.807) is 6.33 Å². The number of carbonyl (C=O) groups excluding carboxylic acids is 1. The average Bonchev–Trinajstić information content (AvgIpc) is 3.54. The van der Waals surface area contributed by atoms with Crippen molar-refractivity contribution in [1.82, 2.24) is 34.7 Å². The maximum atomic E-state index is 12.4. The fraction of sp³-hybridized carbons (Fsp3) is 0.433. The van der Waals surface area contributed by atoms with Gasteiger partial charge in [-0.1, -0.05) is 6.07 Å². The van der Waals surface area contributed by atoms with Crippen molar-refractivity contribution < 1.29 is 4.79 Å². The fourth-order valence-electron chi connectivity index (χ4n) is 5.88. The highest BCUT2D eigenvalue weighted by molar-refractivity contribution is 5.83. The highest BCUT2D eigenvalue weighted by Gasteiger charge is 2.35. The molecule has 3 fully saturated rings. The van der Waals surface area contributed by atoms with Crippen molar-refractivity contribution in [1.29, 1.82) is 0 Å². The van der Waals surface area contributed by atoms with Gasteiger partial charge in [0.05, 0.1) is 16.7 Å². The van der Waals surface area contributed by atoms with E-state index in [4.69, 9.17) is 4.98 Å². The second kappa shape index (κ2) is 10.5. The topological polar surface area (TPSA) is 106 Å². The summed E-state index contributed by atoms with van der Waals surface area (Å²) in [6.45, 7) is 7.73. The second-order valence-electron chi connectivity index (χ2n) is 11.2. The van der Waals surface area contributed by atoms with Gasteiger partial charge in [-0.15, -0.1) is 0 Å². The Bertz CT molecular complexity index is 1520. The first kappa shape index (κ1) is 25.0. The molecule has 3 aromatic heterocycles. The van der Waals surface area contributed by atoms with E-state index in [-0.39, 0.29) is 6.04 Å². The van der Waals surface area contributed by atoms with Gasteiger partial charge in [0.15, 0.2) is 0 Å². The van der Waals surface area contributed by atoms with Gasteiger partial charge in [0.25, 0.3) is 0 Å². The molecule has 7 rings (SSSR count). The van der Waals surface area contributed by atoms with Gasteiger partial charge in [-0.05, 0) is 62.4 Å². The van der Waals surface area contributed by atoms with E-state index in [0.717, 1.165) is 86.0 Å². The maximum absolute atomic E-state index is 12.4. The number of aromatic nitrogens is 5. The Balaban J connectivity index is 1.03. The van der Waals surface area contributed by atoms with Crippen molar-refractivity contribution in [3.63, 3.8) is 0 Å². The number of hydrogen-bond acceptors (Lipinski definition) is 8. The van der Waals surface area contributed by atoms with Gasteiger partial charge in [-0.3, -0.25) is 9.69 Å². The first-order chi connectivity index (χ1) is 19.6. The Labute approximate surface area is 233 Å². The minimum absolute atomic E-state index is 0.235. The number of anilines is 3. The summed E-state index contributed by atoms with van der Waals surface area (Å²) in [6, 6.07) is 12.6. The van der Waals surface area contributed by atoms with Gasteiger partial charge < -0.3 is 20.1 Å². The molecule has 2 saturated heterocycles. The van der Waals surface area contributed by atoms with Crippen LogP contribution in [0.15, 0.2) is 48.9 Å². The molecule has 1 atom stereocenters. The van der Waals surface area contributed by atoms with Crippen LogP contribution in [0.2, 0.25) is 0 Å². The lowest BCUT2D eigenvalue weighted by Gasteiger charge is -2.38. The van der Waals surface area contributed by atoms with Crippen LogP contribution in [0.4, 0.5) is 17.6 Å². The number of fused-ring (bicyclic) bond motifs is 1. The SMILES string of the molecule is CC(c1ccnc(Nc2nc3ccc(-c4cc(N5CCCC5)ncn4)cc3[nH]2)c1)N1CCN(C(=O)C2CC2)CC1. The van der Waals surface area contributed by atoms with Crippen LogP contribution in [0, 0.1) is 5.92 Å². The number of hydrogen-bond donors (Lipinski definition) is 2. The molecule has 206 valence electrons. The van der Waals surface area contributed by atoms with E-state index in [2.05, 4.69) is 72.3 Å². The second-order valence-corrected chi connectivity index (χ2v) is 11.2. The number of imidazole rings is 1. The molecule has 0 bridgehead atoms. The molecule has 5 heterocycles. The predicted molar refractivity (Wildman–Crippen MR) is 155 cm³/mol. The lowest BCUT2D eigenvalue weighted by atomic mass is 10.1. The molecule has 3 aliphatic rings. The Morgan fingerprint density at radius 3 is 2.60 bits per heavy atom. The van der Waals surface area contributed by atoms with Crippen LogP contribution in [-0.4, -0.2) is 79.9 Å². The van der Waals surface area contributed by atoms with Gasteiger partial charge in [0.1, 0.15) is 18.0 Å². The molecule has 0 radical (unpaired) electrons. The highest BCUT2D eigenvalue weighted by atomic mass is 16.2. The summed E-state index contributed by atoms with van der Waals surface area (Å²) < 4.78 is 0. The molecule has 40 heavy (non-hydrogen) atoms. The summed E-state index contributed by atoms with van der Waals surface area (Å²) in [5.74, 6) is 3.03. The third-order valence-electron chi connectivity index (χ3n) is 8.47. The zero-order valence-electron chi connectivity index (χ0n) is 22.9. The molecule has 1 amide bonds. The van der Waals surface area contributed by atoms with Crippen molar-refractivity contribution >= 4 is 34.5 Å². The van der Waals surface area contributed by atoms with Crippen LogP contribution < -0.4 is 10.2 Å². The smallest absolute Gasteiger partial charge is 0.225 e. The largest absolute Gasteiger partial charge is 0.357 e. The predicted octanol–water partition coefficient (Wildman–Crippen LogP) is 4.37. The van der Waals surface area contributed by atoms with Crippen molar-refractivity contribution in [2.75, 3.05) is 49.5 Å². The molecule has 0 spiro atoms.